The minimum atomic E-state index is -4.57. The van der Waals surface area contributed by atoms with E-state index in [4.69, 9.17) is 0 Å². The van der Waals surface area contributed by atoms with Crippen molar-refractivity contribution in [3.63, 3.8) is 0 Å². The molecule has 0 aliphatic carbocycles. The monoisotopic (exact) mass is 711 g/mol. The topological polar surface area (TPSA) is 118 Å². The van der Waals surface area contributed by atoms with Crippen molar-refractivity contribution in [2.75, 3.05) is 23.3 Å². The average Bonchev–Trinajstić information content (AvgIpc) is 3.43. The summed E-state index contributed by atoms with van der Waals surface area (Å²) in [5, 5.41) is 36.9. The number of aromatic nitrogens is 3. The summed E-state index contributed by atoms with van der Waals surface area (Å²) in [5.41, 5.74) is 4.12. The Morgan fingerprint density at radius 2 is 1.58 bits per heavy atom. The first-order valence-electron chi connectivity index (χ1n) is 17.3. The summed E-state index contributed by atoms with van der Waals surface area (Å²) < 4.78 is 41.3. The quantitative estimate of drug-likeness (QED) is 0.155. The van der Waals surface area contributed by atoms with Crippen LogP contribution in [0.25, 0.3) is 5.82 Å². The molecule has 0 fully saturated rings. The highest BCUT2D eigenvalue weighted by Crippen LogP contribution is 2.41. The molecular weight excluding hydrogens is 663 g/mol. The number of pyridine rings is 1. The smallest absolute Gasteiger partial charge is 0.371 e. The zero-order valence-corrected chi connectivity index (χ0v) is 31.7. The van der Waals surface area contributed by atoms with Crippen LogP contribution in [0.1, 0.15) is 103 Å². The largest absolute Gasteiger partial charge is 0.417 e. The Morgan fingerprint density at radius 1 is 0.885 bits per heavy atom. The van der Waals surface area contributed by atoms with Crippen molar-refractivity contribution in [3.05, 3.63) is 82.7 Å². The van der Waals surface area contributed by atoms with Crippen LogP contribution < -0.4 is 10.2 Å². The molecule has 0 atom stereocenters. The number of nitrogens with zero attached hydrogens (tertiary/aromatic N) is 8. The number of azo groups is 1. The molecule has 0 radical (unpaired) electrons. The normalized spacial score (nSPS) is 12.5. The fourth-order valence-electron chi connectivity index (χ4n) is 6.38. The first kappa shape index (κ1) is 39.6. The van der Waals surface area contributed by atoms with Gasteiger partial charge in [0.1, 0.15) is 17.3 Å². The van der Waals surface area contributed by atoms with Crippen molar-refractivity contribution in [2.45, 2.75) is 99.1 Å². The van der Waals surface area contributed by atoms with Crippen molar-refractivity contribution in [1.29, 1.82) is 10.5 Å². The van der Waals surface area contributed by atoms with Gasteiger partial charge in [0.15, 0.2) is 11.6 Å². The lowest BCUT2D eigenvalue weighted by Gasteiger charge is -2.33. The molecule has 0 bridgehead atoms. The molecule has 0 aliphatic heterocycles. The summed E-state index contributed by atoms with van der Waals surface area (Å²) >= 11 is 0. The SMILES string of the molecule is CCN(CCC#N)c1ccc(N=Nc2c(C#N)c(C(C)(C)C)nn2-c2ccc(C(F)(F)F)cn2)c(Nc2cc(C(C)(C)CC(C)(C)C)ccc2C)c1. The molecule has 9 nitrogen and oxygen atoms in total. The lowest BCUT2D eigenvalue weighted by Crippen LogP contribution is -2.25. The van der Waals surface area contributed by atoms with Gasteiger partial charge in [-0.15, -0.1) is 10.2 Å². The van der Waals surface area contributed by atoms with Gasteiger partial charge in [0, 0.05) is 36.1 Å². The highest BCUT2D eigenvalue weighted by Gasteiger charge is 2.32. The molecule has 2 aromatic heterocycles. The second kappa shape index (κ2) is 15.2. The maximum atomic E-state index is 13.4. The van der Waals surface area contributed by atoms with Gasteiger partial charge in [-0.3, -0.25) is 0 Å². The van der Waals surface area contributed by atoms with Crippen LogP contribution in [0.2, 0.25) is 0 Å². The van der Waals surface area contributed by atoms with Crippen LogP contribution in [-0.4, -0.2) is 27.9 Å². The van der Waals surface area contributed by atoms with Gasteiger partial charge in [0.05, 0.1) is 29.4 Å². The van der Waals surface area contributed by atoms with E-state index in [0.717, 1.165) is 35.6 Å². The zero-order chi connectivity index (χ0) is 38.6. The van der Waals surface area contributed by atoms with E-state index >= 15 is 0 Å². The van der Waals surface area contributed by atoms with Gasteiger partial charge in [-0.1, -0.05) is 67.5 Å². The lowest BCUT2D eigenvalue weighted by atomic mass is 9.72. The minimum absolute atomic E-state index is 0.0426. The van der Waals surface area contributed by atoms with Crippen LogP contribution in [0.15, 0.2) is 65.0 Å². The number of rotatable bonds is 11. The standard InChI is InChI=1S/C40H48F3N9/c1-11-51(20-12-19-44)29-16-17-31(33(22-29)47-32-21-27(14-13-26(32)2)39(9,10)25-37(3,4)5)48-49-36-30(23-45)35(38(6,7)8)50-52(36)34-18-15-28(24-46-34)40(41,42)43/h13-18,21-22,24,47H,11-12,20,25H2,1-10H3. The molecular formula is C40H48F3N9. The molecule has 274 valence electrons. The van der Waals surface area contributed by atoms with Crippen molar-refractivity contribution in [1.82, 2.24) is 14.8 Å². The third-order valence-electron chi connectivity index (χ3n) is 8.71. The maximum Gasteiger partial charge on any atom is 0.417 e. The average molecular weight is 712 g/mol. The Morgan fingerprint density at radius 3 is 2.13 bits per heavy atom. The van der Waals surface area contributed by atoms with Gasteiger partial charge in [0.2, 0.25) is 0 Å². The molecule has 2 aromatic carbocycles. The predicted molar refractivity (Wildman–Crippen MR) is 200 cm³/mol. The van der Waals surface area contributed by atoms with Crippen LogP contribution in [0, 0.1) is 35.0 Å². The molecule has 0 aliphatic rings. The van der Waals surface area contributed by atoms with Crippen molar-refractivity contribution < 1.29 is 13.2 Å². The Balaban J connectivity index is 1.89. The summed E-state index contributed by atoms with van der Waals surface area (Å²) in [4.78, 5) is 6.13. The van der Waals surface area contributed by atoms with E-state index in [0.29, 0.717) is 36.6 Å². The number of anilines is 3. The number of alkyl halides is 3. The van der Waals surface area contributed by atoms with E-state index in [1.54, 1.807) is 0 Å². The Bertz CT molecular complexity index is 2000. The van der Waals surface area contributed by atoms with Crippen molar-refractivity contribution in [2.24, 2.45) is 15.6 Å². The first-order chi connectivity index (χ1) is 24.2. The summed E-state index contributed by atoms with van der Waals surface area (Å²) in [5.74, 6) is 0.102. The molecule has 0 saturated carbocycles. The molecule has 4 rings (SSSR count). The van der Waals surface area contributed by atoms with Gasteiger partial charge < -0.3 is 10.2 Å². The minimum Gasteiger partial charge on any atom is -0.371 e. The highest BCUT2D eigenvalue weighted by atomic mass is 19.4. The van der Waals surface area contributed by atoms with Gasteiger partial charge >= 0.3 is 6.18 Å². The number of halogens is 3. The highest BCUT2D eigenvalue weighted by molar-refractivity contribution is 5.78. The van der Waals surface area contributed by atoms with Crippen LogP contribution in [0.4, 0.5) is 41.7 Å². The lowest BCUT2D eigenvalue weighted by molar-refractivity contribution is -0.137. The molecule has 0 unspecified atom stereocenters. The summed E-state index contributed by atoms with van der Waals surface area (Å²) in [7, 11) is 0. The Labute approximate surface area is 305 Å². The second-order valence-electron chi connectivity index (χ2n) is 15.9. The van der Waals surface area contributed by atoms with E-state index in [1.807, 2.05) is 52.8 Å². The molecule has 0 spiro atoms. The number of hydrogen-bond donors (Lipinski definition) is 1. The van der Waals surface area contributed by atoms with Crippen LogP contribution in [-0.2, 0) is 17.0 Å². The van der Waals surface area contributed by atoms with Gasteiger partial charge in [-0.25, -0.2) is 4.98 Å². The summed E-state index contributed by atoms with van der Waals surface area (Å²) in [6, 6.07) is 18.6. The maximum absolute atomic E-state index is 13.4. The zero-order valence-electron chi connectivity index (χ0n) is 31.7. The van der Waals surface area contributed by atoms with E-state index in [2.05, 4.69) is 95.5 Å². The van der Waals surface area contributed by atoms with Crippen molar-refractivity contribution >= 4 is 28.6 Å². The van der Waals surface area contributed by atoms with Gasteiger partial charge in [-0.05, 0) is 78.6 Å². The predicted octanol–water partition coefficient (Wildman–Crippen LogP) is 11.4. The fourth-order valence-corrected chi connectivity index (χ4v) is 6.38. The second-order valence-corrected chi connectivity index (χ2v) is 15.9. The third kappa shape index (κ3) is 9.35. The third-order valence-corrected chi connectivity index (χ3v) is 8.71. The van der Waals surface area contributed by atoms with E-state index in [-0.39, 0.29) is 28.0 Å². The fraction of sp³-hybridized carbons (Fsp3) is 0.450. The van der Waals surface area contributed by atoms with Gasteiger partial charge in [-0.2, -0.15) is 33.5 Å². The molecule has 4 aromatic rings. The molecule has 0 saturated heterocycles. The number of nitriles is 2. The molecule has 12 heteroatoms. The van der Waals surface area contributed by atoms with E-state index in [1.165, 1.54) is 16.3 Å². The van der Waals surface area contributed by atoms with Crippen LogP contribution in [0.5, 0.6) is 0 Å². The van der Waals surface area contributed by atoms with Gasteiger partial charge in [0.25, 0.3) is 0 Å². The van der Waals surface area contributed by atoms with E-state index in [9.17, 15) is 23.7 Å². The number of aryl methyl sites for hydroxylation is 1. The summed E-state index contributed by atoms with van der Waals surface area (Å²) in [6.07, 6.45) is -2.50. The first-order valence-corrected chi connectivity index (χ1v) is 17.3. The number of benzene rings is 2. The number of hydrogen-bond acceptors (Lipinski definition) is 8. The Hall–Kier alpha value is -5.23. The molecule has 1 N–H and O–H groups in total. The van der Waals surface area contributed by atoms with Crippen molar-refractivity contribution in [3.8, 4) is 18.0 Å². The van der Waals surface area contributed by atoms with E-state index < -0.39 is 17.2 Å². The molecule has 52 heavy (non-hydrogen) atoms. The Kier molecular flexibility index (Phi) is 11.5. The molecule has 2 heterocycles. The molecule has 0 amide bonds. The van der Waals surface area contributed by atoms with Crippen LogP contribution >= 0.6 is 0 Å². The van der Waals surface area contributed by atoms with Crippen LogP contribution in [0.3, 0.4) is 0 Å². The number of nitrogens with one attached hydrogen (secondary N) is 1. The summed E-state index contributed by atoms with van der Waals surface area (Å²) in [6.45, 7) is 22.1.